The number of benzene rings is 4. The minimum Gasteiger partial charge on any atom is -0.508 e. The molecule has 0 saturated carbocycles. The Kier molecular flexibility index (Phi) is 23.5. The molecule has 0 radical (unpaired) electrons. The Morgan fingerprint density at radius 3 is 1.77 bits per heavy atom. The van der Waals surface area contributed by atoms with Crippen LogP contribution in [0, 0.1) is 11.8 Å². The lowest BCUT2D eigenvalue weighted by Crippen LogP contribution is -2.64. The van der Waals surface area contributed by atoms with E-state index in [0.29, 0.717) is 12.2 Å². The molecule has 25 nitrogen and oxygen atoms in total. The van der Waals surface area contributed by atoms with Crippen molar-refractivity contribution in [3.63, 3.8) is 0 Å². The zero-order chi connectivity index (χ0) is 63.4. The van der Waals surface area contributed by atoms with Crippen LogP contribution in [0.3, 0.4) is 0 Å². The van der Waals surface area contributed by atoms with Gasteiger partial charge in [-0.25, -0.2) is 0 Å². The molecular formula is C62H81N7O18. The van der Waals surface area contributed by atoms with Crippen LogP contribution in [0.4, 0.5) is 0 Å². The number of carbonyl (C=O) groups is 7. The lowest BCUT2D eigenvalue weighted by molar-refractivity contribution is -0.148. The summed E-state index contributed by atoms with van der Waals surface area (Å²) in [6.07, 6.45) is -13.8. The van der Waals surface area contributed by atoms with E-state index in [9.17, 15) is 84.6 Å². The van der Waals surface area contributed by atoms with Crippen molar-refractivity contribution in [2.24, 2.45) is 11.8 Å². The predicted octanol–water partition coefficient (Wildman–Crippen LogP) is -0.886. The standard InChI is InChI=1S/C62H81N7O18/c1-5-6-7-24-87-44-22-18-38(19-23-44)36-10-8-35(9-11-36)37-12-14-40(15-13-37)57(81)64-46-27-49(77)56(63-41(30-70)31-71)67-60(84)52-53(78)32(2)28-69(52)62(86)51(34(4)73)65-58(82)45(55(80)54(79)39-16-20-42(74)21-17-39)26-48(76)47-25-43(75)29-68(47)61(85)50(33(3)72)66-59(46)83/h8-23,32-34,41,43,45-47,49-56,63,70-75,77-80H,5-7,24-31H2,1-4H3,(H,64,81)(H,65,82)(H,66,83)(H,67,84)/t32-,33+,34+,43+,45?,46-,47?,49+,50?,51?,52?,53-,54-,55-,56?/m0/s1. The van der Waals surface area contributed by atoms with Gasteiger partial charge in [-0.15, -0.1) is 0 Å². The summed E-state index contributed by atoms with van der Waals surface area (Å²) < 4.78 is 5.85. The van der Waals surface area contributed by atoms with Crippen LogP contribution in [-0.2, 0) is 28.8 Å². The number of aliphatic hydroxyl groups is 9. The molecule has 4 aromatic carbocycles. The molecule has 3 aliphatic rings. The molecule has 0 spiro atoms. The predicted molar refractivity (Wildman–Crippen MR) is 313 cm³/mol. The van der Waals surface area contributed by atoms with Gasteiger partial charge in [-0.1, -0.05) is 87.4 Å². The Labute approximate surface area is 503 Å². The van der Waals surface area contributed by atoms with Crippen molar-refractivity contribution >= 4 is 41.2 Å². The van der Waals surface area contributed by atoms with E-state index in [4.69, 9.17) is 4.74 Å². The van der Waals surface area contributed by atoms with E-state index < -0.39 is 177 Å². The number of fused-ring (bicyclic) bond motifs is 2. The monoisotopic (exact) mass is 1210 g/mol. The number of nitrogens with zero attached hydrogens (tertiary/aromatic N) is 2. The summed E-state index contributed by atoms with van der Waals surface area (Å²) in [5, 5.41) is 123. The Bertz CT molecular complexity index is 2980. The molecule has 6 unspecified atom stereocenters. The third-order valence-electron chi connectivity index (χ3n) is 16.2. The van der Waals surface area contributed by atoms with E-state index in [0.717, 1.165) is 65.3 Å². The van der Waals surface area contributed by atoms with E-state index in [1.807, 2.05) is 48.5 Å². The van der Waals surface area contributed by atoms with Crippen molar-refractivity contribution in [2.45, 2.75) is 151 Å². The van der Waals surface area contributed by atoms with Crippen LogP contribution in [0.15, 0.2) is 97.1 Å². The fourth-order valence-corrected chi connectivity index (χ4v) is 11.1. The molecule has 0 aliphatic carbocycles. The molecule has 3 heterocycles. The Morgan fingerprint density at radius 2 is 1.22 bits per heavy atom. The highest BCUT2D eigenvalue weighted by atomic mass is 16.5. The molecule has 6 amide bonds. The topological polar surface area (TPSA) is 398 Å². The number of phenols is 1. The largest absolute Gasteiger partial charge is 0.508 e. The minimum absolute atomic E-state index is 0.00719. The number of aromatic hydroxyl groups is 1. The van der Waals surface area contributed by atoms with Crippen LogP contribution in [0.1, 0.15) is 88.2 Å². The van der Waals surface area contributed by atoms with E-state index in [2.05, 4.69) is 33.5 Å². The molecule has 0 aromatic heterocycles. The number of phenolic OH excluding ortho intramolecular Hbond substituents is 1. The highest BCUT2D eigenvalue weighted by Crippen LogP contribution is 2.32. The Hall–Kier alpha value is -7.43. The number of amides is 6. The molecule has 25 heteroatoms. The van der Waals surface area contributed by atoms with Gasteiger partial charge in [-0.2, -0.15) is 0 Å². The van der Waals surface area contributed by atoms with Gasteiger partial charge in [0.15, 0.2) is 5.78 Å². The van der Waals surface area contributed by atoms with Gasteiger partial charge in [-0.05, 0) is 84.5 Å². The van der Waals surface area contributed by atoms with Gasteiger partial charge in [0, 0.05) is 43.8 Å². The number of unbranched alkanes of at least 4 members (excludes halogenated alkanes) is 2. The maximum Gasteiger partial charge on any atom is 0.251 e. The number of carbonyl (C=O) groups excluding carboxylic acids is 7. The summed E-state index contributed by atoms with van der Waals surface area (Å²) in [4.78, 5) is 104. The van der Waals surface area contributed by atoms with E-state index in [-0.39, 0.29) is 23.4 Å². The normalized spacial score (nSPS) is 26.8. The molecule has 472 valence electrons. The number of nitrogens with one attached hydrogen (secondary N) is 5. The zero-order valence-corrected chi connectivity index (χ0v) is 48.9. The fraction of sp³-hybridized carbons (Fsp3) is 0.500. The summed E-state index contributed by atoms with van der Waals surface area (Å²) in [5.74, 6) is -10.2. The summed E-state index contributed by atoms with van der Waals surface area (Å²) >= 11 is 0. The maximum atomic E-state index is 14.7. The summed E-state index contributed by atoms with van der Waals surface area (Å²) in [7, 11) is 0. The first-order chi connectivity index (χ1) is 41.4. The number of hydrogen-bond acceptors (Lipinski definition) is 19. The second-order valence-electron chi connectivity index (χ2n) is 22.8. The first-order valence-electron chi connectivity index (χ1n) is 29.3. The number of Topliss-reactive ketones (excluding diaryl/α,β-unsaturated/α-hetero) is 1. The van der Waals surface area contributed by atoms with Gasteiger partial charge >= 0.3 is 0 Å². The molecule has 15 atom stereocenters. The average molecular weight is 1210 g/mol. The second-order valence-corrected chi connectivity index (χ2v) is 22.8. The van der Waals surface area contributed by atoms with Crippen molar-refractivity contribution < 1.29 is 89.4 Å². The SMILES string of the molecule is CCCCCOc1ccc(-c2ccc(-c3ccc(C(=O)N[C@H]4C[C@@H](O)C(NC(CO)CO)NC(=O)C5[C@@H](O)[C@@H](C)CN5C(=O)C([C@@H](C)O)NC(=O)C([C@H](O)[C@@H](O)c5ccc(O)cc5)CC(=O)C5C[C@@H](O)CN5C(=O)C([C@@H](C)O)NC4=O)cc3)cc2)cc1. The number of ketones is 1. The minimum atomic E-state index is -2.20. The van der Waals surface area contributed by atoms with Crippen LogP contribution in [0.25, 0.3) is 22.3 Å². The maximum absolute atomic E-state index is 14.7. The van der Waals surface area contributed by atoms with Gasteiger partial charge in [0.05, 0.1) is 74.4 Å². The van der Waals surface area contributed by atoms with Crippen LogP contribution >= 0.6 is 0 Å². The molecule has 3 saturated heterocycles. The molecule has 15 N–H and O–H groups in total. The Morgan fingerprint density at radius 1 is 0.678 bits per heavy atom. The molecule has 3 fully saturated rings. The first-order valence-corrected chi connectivity index (χ1v) is 29.3. The lowest BCUT2D eigenvalue weighted by Gasteiger charge is -2.35. The molecular weight excluding hydrogens is 1130 g/mol. The average Bonchev–Trinajstić information content (AvgIpc) is 1.95. The smallest absolute Gasteiger partial charge is 0.251 e. The van der Waals surface area contributed by atoms with Crippen LogP contribution in [0.2, 0.25) is 0 Å². The van der Waals surface area contributed by atoms with Gasteiger partial charge < -0.3 is 86.9 Å². The molecule has 4 aromatic rings. The lowest BCUT2D eigenvalue weighted by atomic mass is 9.86. The number of rotatable bonds is 18. The zero-order valence-electron chi connectivity index (χ0n) is 48.9. The number of aliphatic hydroxyl groups excluding tert-OH is 9. The summed E-state index contributed by atoms with van der Waals surface area (Å²) in [5.41, 5.74) is 3.38. The van der Waals surface area contributed by atoms with E-state index >= 15 is 0 Å². The van der Waals surface area contributed by atoms with Crippen LogP contribution in [-0.4, -0.2) is 214 Å². The van der Waals surface area contributed by atoms with E-state index in [1.54, 1.807) is 12.1 Å². The van der Waals surface area contributed by atoms with Gasteiger partial charge in [0.1, 0.15) is 47.9 Å². The number of hydrogen-bond donors (Lipinski definition) is 15. The molecule has 3 aliphatic heterocycles. The van der Waals surface area contributed by atoms with Crippen molar-refractivity contribution in [2.75, 3.05) is 32.9 Å². The fourth-order valence-electron chi connectivity index (χ4n) is 11.1. The van der Waals surface area contributed by atoms with Crippen molar-refractivity contribution in [3.05, 3.63) is 108 Å². The van der Waals surface area contributed by atoms with Crippen molar-refractivity contribution in [1.82, 2.24) is 36.4 Å². The van der Waals surface area contributed by atoms with Crippen molar-refractivity contribution in [1.29, 1.82) is 0 Å². The summed E-state index contributed by atoms with van der Waals surface area (Å²) in [6.45, 7) is 3.95. The highest BCUT2D eigenvalue weighted by molar-refractivity contribution is 6.00. The second kappa shape index (κ2) is 30.5. The molecule has 87 heavy (non-hydrogen) atoms. The third-order valence-corrected chi connectivity index (χ3v) is 16.2. The Balaban J connectivity index is 1.23. The van der Waals surface area contributed by atoms with Gasteiger partial charge in [0.25, 0.3) is 5.91 Å². The third kappa shape index (κ3) is 16.6. The quantitative estimate of drug-likeness (QED) is 0.0538. The van der Waals surface area contributed by atoms with Gasteiger partial charge in [0.2, 0.25) is 29.5 Å². The molecule has 0 bridgehead atoms. The highest BCUT2D eigenvalue weighted by Gasteiger charge is 2.50. The van der Waals surface area contributed by atoms with Crippen LogP contribution in [0.5, 0.6) is 11.5 Å². The van der Waals surface area contributed by atoms with Crippen molar-refractivity contribution in [3.8, 4) is 33.8 Å². The van der Waals surface area contributed by atoms with Crippen LogP contribution < -0.4 is 31.3 Å². The number of ether oxygens (including phenoxy) is 1. The summed E-state index contributed by atoms with van der Waals surface area (Å²) in [6, 6.07) is 15.9. The first kappa shape index (κ1) is 67.1. The van der Waals surface area contributed by atoms with E-state index in [1.165, 1.54) is 43.3 Å². The van der Waals surface area contributed by atoms with Gasteiger partial charge in [-0.3, -0.25) is 38.9 Å². The molecule has 7 rings (SSSR count).